The Morgan fingerprint density at radius 1 is 1.15 bits per heavy atom. The number of para-hydroxylation sites is 1. The van der Waals surface area contributed by atoms with Crippen molar-refractivity contribution in [3.8, 4) is 17.2 Å². The molecule has 0 aliphatic carbocycles. The van der Waals surface area contributed by atoms with E-state index in [1.165, 1.54) is 17.0 Å². The van der Waals surface area contributed by atoms with E-state index >= 15 is 0 Å². The van der Waals surface area contributed by atoms with E-state index in [0.29, 0.717) is 34.6 Å². The van der Waals surface area contributed by atoms with Crippen molar-refractivity contribution >= 4 is 26.9 Å². The second kappa shape index (κ2) is 8.15. The van der Waals surface area contributed by atoms with Gasteiger partial charge in [0.1, 0.15) is 23.6 Å². The van der Waals surface area contributed by atoms with Gasteiger partial charge < -0.3 is 19.2 Å². The minimum atomic E-state index is -0.277. The Kier molecular flexibility index (Phi) is 5.87. The van der Waals surface area contributed by atoms with Crippen molar-refractivity contribution in [2.75, 3.05) is 13.1 Å². The number of quaternary nitrogens is 1. The molecule has 142 valence electrons. The van der Waals surface area contributed by atoms with Crippen LogP contribution in [0.25, 0.3) is 11.0 Å². The molecule has 0 spiro atoms. The first-order chi connectivity index (χ1) is 13.0. The molecule has 1 N–H and O–H groups in total. The van der Waals surface area contributed by atoms with Crippen LogP contribution in [0.2, 0.25) is 0 Å². The Hall–Kier alpha value is -2.31. The maximum absolute atomic E-state index is 13.0. The van der Waals surface area contributed by atoms with Crippen molar-refractivity contribution < 1.29 is 19.2 Å². The van der Waals surface area contributed by atoms with Crippen molar-refractivity contribution in [3.63, 3.8) is 0 Å². The largest absolute Gasteiger partial charge is 0.872 e. The lowest BCUT2D eigenvalue weighted by Gasteiger charge is -2.21. The molecule has 0 amide bonds. The van der Waals surface area contributed by atoms with E-state index in [9.17, 15) is 9.90 Å². The van der Waals surface area contributed by atoms with E-state index in [0.717, 1.165) is 17.6 Å². The maximum Gasteiger partial charge on any atom is 0.235 e. The summed E-state index contributed by atoms with van der Waals surface area (Å²) in [6.45, 7) is 8.12. The highest BCUT2D eigenvalue weighted by Gasteiger charge is 2.19. The van der Waals surface area contributed by atoms with Gasteiger partial charge in [-0.1, -0.05) is 23.9 Å². The number of hydrogen-bond acceptors (Lipinski definition) is 4. The summed E-state index contributed by atoms with van der Waals surface area (Å²) in [5, 5.41) is 12.8. The number of aryl methyl sites for hydroxylation is 1. The molecular weight excluding hydrogens is 410 g/mol. The number of nitrogens with one attached hydrogen (secondary N) is 1. The third-order valence-corrected chi connectivity index (χ3v) is 5.37. The molecule has 1 heterocycles. The van der Waals surface area contributed by atoms with Gasteiger partial charge in [0.15, 0.2) is 0 Å². The van der Waals surface area contributed by atoms with E-state index in [4.69, 9.17) is 9.15 Å². The van der Waals surface area contributed by atoms with Gasteiger partial charge in [0, 0.05) is 5.56 Å². The standard InChI is InChI=1S/C21H22BrNO4/c1-4-23(5-2)12-15-17(24)11-10-14-19(25)20(13(3)26-21(14)15)27-18-9-7-6-8-16(18)22/h6-11,24H,4-5,12H2,1-3H3. The zero-order valence-corrected chi connectivity index (χ0v) is 17.2. The number of ether oxygens (including phenoxy) is 1. The quantitative estimate of drug-likeness (QED) is 0.650. The van der Waals surface area contributed by atoms with Crippen molar-refractivity contribution in [3.05, 3.63) is 62.4 Å². The summed E-state index contributed by atoms with van der Waals surface area (Å²) in [4.78, 5) is 14.3. The van der Waals surface area contributed by atoms with Crippen molar-refractivity contribution in [2.24, 2.45) is 0 Å². The summed E-state index contributed by atoms with van der Waals surface area (Å²) in [5.41, 5.74) is 0.628. The summed E-state index contributed by atoms with van der Waals surface area (Å²) in [6.07, 6.45) is 0. The first-order valence-corrected chi connectivity index (χ1v) is 9.77. The number of fused-ring (bicyclic) bond motifs is 1. The van der Waals surface area contributed by atoms with E-state index < -0.39 is 0 Å². The minimum Gasteiger partial charge on any atom is -0.872 e. The topological polar surface area (TPSA) is 66.9 Å². The highest BCUT2D eigenvalue weighted by atomic mass is 79.9. The van der Waals surface area contributed by atoms with Gasteiger partial charge in [-0.15, -0.1) is 0 Å². The van der Waals surface area contributed by atoms with E-state index in [2.05, 4.69) is 29.8 Å². The first-order valence-electron chi connectivity index (χ1n) is 8.98. The van der Waals surface area contributed by atoms with Crippen LogP contribution in [0.1, 0.15) is 25.2 Å². The lowest BCUT2D eigenvalue weighted by molar-refractivity contribution is -0.910. The Morgan fingerprint density at radius 2 is 1.85 bits per heavy atom. The lowest BCUT2D eigenvalue weighted by atomic mass is 10.1. The van der Waals surface area contributed by atoms with Gasteiger partial charge in [0.25, 0.3) is 0 Å². The van der Waals surface area contributed by atoms with Crippen molar-refractivity contribution in [1.82, 2.24) is 0 Å². The second-order valence-corrected chi connectivity index (χ2v) is 7.26. The van der Waals surface area contributed by atoms with Gasteiger partial charge >= 0.3 is 0 Å². The van der Waals surface area contributed by atoms with Crippen LogP contribution < -0.4 is 20.2 Å². The fraction of sp³-hybridized carbons (Fsp3) is 0.286. The Balaban J connectivity index is 2.14. The SMILES string of the molecule is CC[NH+](CC)Cc1c([O-])ccc2c(=O)c(Oc3ccccc3Br)c(C)oc12. The average molecular weight is 432 g/mol. The smallest absolute Gasteiger partial charge is 0.235 e. The second-order valence-electron chi connectivity index (χ2n) is 6.40. The van der Waals surface area contributed by atoms with Crippen LogP contribution in [-0.2, 0) is 6.54 Å². The number of hydrogen-bond donors (Lipinski definition) is 1. The molecule has 0 aliphatic heterocycles. The Bertz CT molecular complexity index is 1020. The molecule has 0 aliphatic rings. The monoisotopic (exact) mass is 431 g/mol. The normalized spacial score (nSPS) is 11.3. The number of benzene rings is 2. The summed E-state index contributed by atoms with van der Waals surface area (Å²) in [5.74, 6) is 0.906. The zero-order valence-electron chi connectivity index (χ0n) is 15.6. The average Bonchev–Trinajstić information content (AvgIpc) is 2.66. The van der Waals surface area contributed by atoms with Crippen LogP contribution in [0.15, 0.2) is 50.1 Å². The molecular formula is C21H22BrNO4. The fourth-order valence-corrected chi connectivity index (χ4v) is 3.43. The van der Waals surface area contributed by atoms with Crippen LogP contribution in [0.4, 0.5) is 0 Å². The molecule has 0 saturated heterocycles. The molecule has 6 heteroatoms. The van der Waals surface area contributed by atoms with Crippen LogP contribution >= 0.6 is 15.9 Å². The summed E-state index contributed by atoms with van der Waals surface area (Å²) in [7, 11) is 0. The van der Waals surface area contributed by atoms with Gasteiger partial charge in [0.2, 0.25) is 11.2 Å². The first kappa shape index (κ1) is 19.5. The molecule has 0 atom stereocenters. The molecule has 1 aromatic heterocycles. The molecule has 27 heavy (non-hydrogen) atoms. The predicted molar refractivity (Wildman–Crippen MR) is 107 cm³/mol. The molecule has 3 aromatic rings. The molecule has 0 saturated carbocycles. The Labute approximate surface area is 166 Å². The van der Waals surface area contributed by atoms with Gasteiger partial charge in [-0.3, -0.25) is 4.79 Å². The summed E-state index contributed by atoms with van der Waals surface area (Å²) in [6, 6.07) is 10.3. The molecule has 0 radical (unpaired) electrons. The predicted octanol–water partition coefficient (Wildman–Crippen LogP) is 3.15. The van der Waals surface area contributed by atoms with E-state index in [-0.39, 0.29) is 16.9 Å². The van der Waals surface area contributed by atoms with Crippen molar-refractivity contribution in [2.45, 2.75) is 27.3 Å². The van der Waals surface area contributed by atoms with E-state index in [1.807, 2.05) is 18.2 Å². The van der Waals surface area contributed by atoms with Gasteiger partial charge in [-0.25, -0.2) is 0 Å². The molecule has 0 bridgehead atoms. The van der Waals surface area contributed by atoms with Crippen LogP contribution in [-0.4, -0.2) is 13.1 Å². The maximum atomic E-state index is 13.0. The van der Waals surface area contributed by atoms with Gasteiger partial charge in [-0.2, -0.15) is 0 Å². The molecule has 3 rings (SSSR count). The summed E-state index contributed by atoms with van der Waals surface area (Å²) < 4.78 is 12.5. The highest BCUT2D eigenvalue weighted by Crippen LogP contribution is 2.32. The zero-order chi connectivity index (χ0) is 19.6. The van der Waals surface area contributed by atoms with Gasteiger partial charge in [0.05, 0.1) is 22.9 Å². The Morgan fingerprint density at radius 3 is 2.52 bits per heavy atom. The lowest BCUT2D eigenvalue weighted by Crippen LogP contribution is -3.10. The van der Waals surface area contributed by atoms with Crippen LogP contribution in [0.5, 0.6) is 17.2 Å². The molecule has 0 fully saturated rings. The van der Waals surface area contributed by atoms with Crippen LogP contribution in [0.3, 0.4) is 0 Å². The van der Waals surface area contributed by atoms with Crippen LogP contribution in [0, 0.1) is 6.92 Å². The summed E-state index contributed by atoms with van der Waals surface area (Å²) >= 11 is 3.41. The van der Waals surface area contributed by atoms with Crippen molar-refractivity contribution in [1.29, 1.82) is 0 Å². The minimum absolute atomic E-state index is 0.107. The molecule has 0 unspecified atom stereocenters. The highest BCUT2D eigenvalue weighted by molar-refractivity contribution is 9.10. The third kappa shape index (κ3) is 3.87. The number of halogens is 1. The molecule has 2 aromatic carbocycles. The van der Waals surface area contributed by atoms with E-state index in [1.54, 1.807) is 13.0 Å². The fourth-order valence-electron chi connectivity index (χ4n) is 3.06. The third-order valence-electron chi connectivity index (χ3n) is 4.72. The van der Waals surface area contributed by atoms with Gasteiger partial charge in [-0.05, 0) is 54.9 Å². The number of rotatable bonds is 6. The molecule has 5 nitrogen and oxygen atoms in total.